The van der Waals surface area contributed by atoms with Crippen molar-refractivity contribution in [3.63, 3.8) is 0 Å². The number of alkyl halides is 2. The number of aromatic nitrogens is 5. The summed E-state index contributed by atoms with van der Waals surface area (Å²) < 4.78 is 62.9. The second-order valence-corrected chi connectivity index (χ2v) is 13.5. The van der Waals surface area contributed by atoms with Crippen molar-refractivity contribution in [1.82, 2.24) is 34.4 Å². The maximum atomic E-state index is 13.5. The third kappa shape index (κ3) is 5.08. The fourth-order valence-corrected chi connectivity index (χ4v) is 7.52. The normalized spacial score (nSPS) is 18.4. The van der Waals surface area contributed by atoms with E-state index in [1.54, 1.807) is 22.5 Å². The first-order chi connectivity index (χ1) is 19.5. The van der Waals surface area contributed by atoms with Gasteiger partial charge in [0.05, 0.1) is 16.1 Å². The van der Waals surface area contributed by atoms with E-state index < -0.39 is 33.1 Å². The molecule has 1 atom stereocenters. The Labute approximate surface area is 239 Å². The highest BCUT2D eigenvalue weighted by molar-refractivity contribution is 7.89. The van der Waals surface area contributed by atoms with Crippen LogP contribution >= 0.6 is 11.3 Å². The molecule has 11 nitrogen and oxygen atoms in total. The Bertz CT molecular complexity index is 1750. The largest absolute Gasteiger partial charge is 0.372 e. The first-order valence-electron chi connectivity index (χ1n) is 13.3. The number of carbonyl (C=O) groups is 1. The summed E-state index contributed by atoms with van der Waals surface area (Å²) in [6.07, 6.45) is 0.914. The standard InChI is InChI=1S/C26H29F2N7O4S2/c1-14(39-3)24(36)34-10-6-15(7-11-34)20-19-17-5-4-16(41(37,38)33-26(2)8-9-26)12-18(17)35(22(19)30-13-29-20)25-32-31-23(40-25)21(27)28/h4-5,12-15,21,33H,6-11H2,1-3H3/t14-/m0/s1. The number of halogens is 2. The number of fused-ring (bicyclic) bond motifs is 3. The summed E-state index contributed by atoms with van der Waals surface area (Å²) in [4.78, 5) is 23.6. The third-order valence-corrected chi connectivity index (χ3v) is 10.5. The number of ether oxygens (including phenoxy) is 1. The molecule has 1 aliphatic carbocycles. The van der Waals surface area contributed by atoms with E-state index in [0.29, 0.717) is 47.9 Å². The van der Waals surface area contributed by atoms with Gasteiger partial charge in [-0.3, -0.25) is 9.36 Å². The molecule has 4 heterocycles. The van der Waals surface area contributed by atoms with E-state index in [9.17, 15) is 22.0 Å². The fraction of sp³-hybridized carbons (Fsp3) is 0.500. The number of benzene rings is 1. The summed E-state index contributed by atoms with van der Waals surface area (Å²) in [6.45, 7) is 4.63. The van der Waals surface area contributed by atoms with Gasteiger partial charge in [0.2, 0.25) is 15.2 Å². The smallest absolute Gasteiger partial charge is 0.291 e. The highest BCUT2D eigenvalue weighted by Gasteiger charge is 2.41. The molecule has 3 aromatic heterocycles. The first-order valence-corrected chi connectivity index (χ1v) is 15.6. The van der Waals surface area contributed by atoms with Gasteiger partial charge >= 0.3 is 0 Å². The van der Waals surface area contributed by atoms with Crippen LogP contribution in [0.5, 0.6) is 0 Å². The molecule has 0 bridgehead atoms. The molecule has 1 aliphatic heterocycles. The molecule has 1 N–H and O–H groups in total. The van der Waals surface area contributed by atoms with Crippen LogP contribution in [0, 0.1) is 0 Å². The highest BCUT2D eigenvalue weighted by Crippen LogP contribution is 2.40. The van der Waals surface area contributed by atoms with Crippen molar-refractivity contribution < 1.29 is 26.7 Å². The molecule has 1 amide bonds. The van der Waals surface area contributed by atoms with Crippen molar-refractivity contribution in [3.05, 3.63) is 35.2 Å². The summed E-state index contributed by atoms with van der Waals surface area (Å²) in [5, 5.41) is 8.72. The number of carbonyl (C=O) groups excluding carboxylic acids is 1. The summed E-state index contributed by atoms with van der Waals surface area (Å²) in [7, 11) is -2.34. The maximum absolute atomic E-state index is 13.5. The number of hydrogen-bond acceptors (Lipinski definition) is 9. The monoisotopic (exact) mass is 605 g/mol. The lowest BCUT2D eigenvalue weighted by molar-refractivity contribution is -0.142. The first kappa shape index (κ1) is 28.0. The number of rotatable bonds is 8. The molecule has 41 heavy (non-hydrogen) atoms. The molecule has 1 aromatic carbocycles. The number of amides is 1. The van der Waals surface area contributed by atoms with Crippen molar-refractivity contribution in [3.8, 4) is 5.13 Å². The Morgan fingerprint density at radius 2 is 1.93 bits per heavy atom. The molecule has 2 aliphatic rings. The average molecular weight is 606 g/mol. The van der Waals surface area contributed by atoms with E-state index in [-0.39, 0.29) is 21.9 Å². The molecule has 6 rings (SSSR count). The zero-order valence-corrected chi connectivity index (χ0v) is 24.3. The molecule has 4 aromatic rings. The van der Waals surface area contributed by atoms with Gasteiger partial charge in [-0.15, -0.1) is 10.2 Å². The zero-order chi connectivity index (χ0) is 29.1. The van der Waals surface area contributed by atoms with Gasteiger partial charge in [-0.2, -0.15) is 0 Å². The van der Waals surface area contributed by atoms with E-state index in [1.807, 2.05) is 6.92 Å². The number of piperidine rings is 1. The molecule has 218 valence electrons. The number of likely N-dealkylation sites (tertiary alicyclic amines) is 1. The molecule has 0 spiro atoms. The summed E-state index contributed by atoms with van der Waals surface area (Å²) in [5.74, 6) is -0.0729. The Hall–Kier alpha value is -3.14. The molecule has 1 saturated carbocycles. The number of hydrogen-bond donors (Lipinski definition) is 1. The lowest BCUT2D eigenvalue weighted by Gasteiger charge is -2.33. The number of nitrogens with one attached hydrogen (secondary N) is 1. The third-order valence-electron chi connectivity index (χ3n) is 7.94. The minimum absolute atomic E-state index is 0.00705. The quantitative estimate of drug-likeness (QED) is 0.320. The fourth-order valence-electron chi connectivity index (χ4n) is 5.32. The summed E-state index contributed by atoms with van der Waals surface area (Å²) >= 11 is 0.721. The number of nitrogens with zero attached hydrogens (tertiary/aromatic N) is 6. The van der Waals surface area contributed by atoms with Gasteiger partial charge in [-0.05, 0) is 51.7 Å². The lowest BCUT2D eigenvalue weighted by Crippen LogP contribution is -2.43. The van der Waals surface area contributed by atoms with Crippen LogP contribution in [0.15, 0.2) is 29.4 Å². The van der Waals surface area contributed by atoms with E-state index in [0.717, 1.165) is 29.9 Å². The molecule has 0 unspecified atom stereocenters. The van der Waals surface area contributed by atoms with Crippen LogP contribution in [-0.2, 0) is 19.6 Å². The van der Waals surface area contributed by atoms with Crippen LogP contribution in [0.25, 0.3) is 27.1 Å². The molecule has 0 radical (unpaired) electrons. The summed E-state index contributed by atoms with van der Waals surface area (Å²) in [6, 6.07) is 4.76. The molecular weight excluding hydrogens is 576 g/mol. The van der Waals surface area contributed by atoms with E-state index >= 15 is 0 Å². The zero-order valence-electron chi connectivity index (χ0n) is 22.7. The van der Waals surface area contributed by atoms with Crippen LogP contribution in [0.4, 0.5) is 8.78 Å². The Morgan fingerprint density at radius 1 is 1.20 bits per heavy atom. The van der Waals surface area contributed by atoms with Crippen LogP contribution in [-0.4, -0.2) is 75.8 Å². The Morgan fingerprint density at radius 3 is 2.56 bits per heavy atom. The van der Waals surface area contributed by atoms with Gasteiger partial charge in [0.25, 0.3) is 12.3 Å². The minimum Gasteiger partial charge on any atom is -0.372 e. The van der Waals surface area contributed by atoms with Gasteiger partial charge in [-0.1, -0.05) is 17.4 Å². The van der Waals surface area contributed by atoms with Crippen molar-refractivity contribution >= 4 is 49.2 Å². The van der Waals surface area contributed by atoms with Gasteiger partial charge in [-0.25, -0.2) is 31.9 Å². The van der Waals surface area contributed by atoms with Gasteiger partial charge < -0.3 is 9.64 Å². The van der Waals surface area contributed by atoms with Crippen LogP contribution in [0.1, 0.15) is 62.6 Å². The van der Waals surface area contributed by atoms with Gasteiger partial charge in [0.15, 0.2) is 10.7 Å². The summed E-state index contributed by atoms with van der Waals surface area (Å²) in [5.41, 5.74) is 1.15. The minimum atomic E-state index is -3.85. The van der Waals surface area contributed by atoms with Crippen molar-refractivity contribution in [2.45, 2.75) is 68.4 Å². The van der Waals surface area contributed by atoms with E-state index in [4.69, 9.17) is 4.74 Å². The molecule has 1 saturated heterocycles. The van der Waals surface area contributed by atoms with Crippen LogP contribution in [0.2, 0.25) is 0 Å². The van der Waals surface area contributed by atoms with Gasteiger partial charge in [0.1, 0.15) is 12.4 Å². The predicted octanol–water partition coefficient (Wildman–Crippen LogP) is 3.93. The van der Waals surface area contributed by atoms with Crippen LogP contribution in [0.3, 0.4) is 0 Å². The highest BCUT2D eigenvalue weighted by atomic mass is 32.2. The second-order valence-electron chi connectivity index (χ2n) is 10.8. The molecule has 15 heteroatoms. The number of methoxy groups -OCH3 is 1. The predicted molar refractivity (Wildman–Crippen MR) is 148 cm³/mol. The maximum Gasteiger partial charge on any atom is 0.291 e. The van der Waals surface area contributed by atoms with Gasteiger partial charge in [0, 0.05) is 42.4 Å². The average Bonchev–Trinajstić information content (AvgIpc) is 3.34. The second kappa shape index (κ2) is 10.3. The van der Waals surface area contributed by atoms with Crippen molar-refractivity contribution in [1.29, 1.82) is 0 Å². The van der Waals surface area contributed by atoms with E-state index in [1.165, 1.54) is 25.6 Å². The van der Waals surface area contributed by atoms with Crippen molar-refractivity contribution in [2.75, 3.05) is 20.2 Å². The van der Waals surface area contributed by atoms with Crippen molar-refractivity contribution in [2.24, 2.45) is 0 Å². The Balaban J connectivity index is 1.47. The number of sulfonamides is 1. The molecule has 2 fully saturated rings. The SMILES string of the molecule is CO[C@@H](C)C(=O)N1CCC(c2ncnc3c2c2ccc(S(=O)(=O)NC4(C)CC4)cc2n3-c2nnc(C(F)F)s2)CC1. The Kier molecular flexibility index (Phi) is 7.03. The van der Waals surface area contributed by atoms with E-state index in [2.05, 4.69) is 24.9 Å². The molecular formula is C26H29F2N7O4S2. The van der Waals surface area contributed by atoms with Crippen LogP contribution < -0.4 is 4.72 Å². The topological polar surface area (TPSA) is 132 Å². The lowest BCUT2D eigenvalue weighted by atomic mass is 9.91.